The van der Waals surface area contributed by atoms with Gasteiger partial charge >= 0.3 is 0 Å². The summed E-state index contributed by atoms with van der Waals surface area (Å²) < 4.78 is 0. The van der Waals surface area contributed by atoms with E-state index in [2.05, 4.69) is 62.2 Å². The fraction of sp³-hybridized carbons (Fsp3) is 0.235. The Morgan fingerprint density at radius 3 is 2.38 bits per heavy atom. The quantitative estimate of drug-likeness (QED) is 0.725. The van der Waals surface area contributed by atoms with Gasteiger partial charge in [0.15, 0.2) is 5.82 Å². The fourth-order valence-electron chi connectivity index (χ4n) is 2.42. The fourth-order valence-corrected chi connectivity index (χ4v) is 3.46. The predicted octanol–water partition coefficient (Wildman–Crippen LogP) is 4.62. The average molecular weight is 297 g/mol. The molecular weight excluding hydrogens is 278 g/mol. The number of benzene rings is 1. The average Bonchev–Trinajstić information content (AvgIpc) is 2.97. The monoisotopic (exact) mass is 297 g/mol. The largest absolute Gasteiger partial charge is 0.382 e. The molecule has 0 aliphatic rings. The maximum atomic E-state index is 6.11. The number of aromatic nitrogens is 2. The summed E-state index contributed by atoms with van der Waals surface area (Å²) in [6.07, 6.45) is 0. The van der Waals surface area contributed by atoms with Crippen molar-refractivity contribution >= 4 is 17.2 Å². The summed E-state index contributed by atoms with van der Waals surface area (Å²) in [7, 11) is 0. The first-order valence-corrected chi connectivity index (χ1v) is 7.78. The number of hydrogen-bond acceptors (Lipinski definition) is 3. The van der Waals surface area contributed by atoms with Gasteiger partial charge in [-0.15, -0.1) is 11.3 Å². The Balaban J connectivity index is 2.19. The SMILES string of the molecule is Cc1ccc(-c2c(N)n[nH]c2-c2cc(C)c(C)s2)cc1C. The molecule has 4 heteroatoms. The topological polar surface area (TPSA) is 54.7 Å². The lowest BCUT2D eigenvalue weighted by Crippen LogP contribution is -1.90. The molecule has 3 nitrogen and oxygen atoms in total. The molecule has 108 valence electrons. The summed E-state index contributed by atoms with van der Waals surface area (Å²) in [5.41, 5.74) is 13.1. The number of thiophene rings is 1. The minimum absolute atomic E-state index is 0.553. The molecule has 0 saturated carbocycles. The zero-order valence-electron chi connectivity index (χ0n) is 12.7. The summed E-state index contributed by atoms with van der Waals surface area (Å²) in [5, 5.41) is 7.32. The van der Waals surface area contributed by atoms with Crippen molar-refractivity contribution in [3.63, 3.8) is 0 Å². The van der Waals surface area contributed by atoms with Crippen molar-refractivity contribution < 1.29 is 0 Å². The Kier molecular flexibility index (Phi) is 3.33. The van der Waals surface area contributed by atoms with Crippen LogP contribution in [0.4, 0.5) is 5.82 Å². The summed E-state index contributed by atoms with van der Waals surface area (Å²) in [4.78, 5) is 2.51. The third-order valence-electron chi connectivity index (χ3n) is 4.00. The van der Waals surface area contributed by atoms with Gasteiger partial charge in [0.1, 0.15) is 0 Å². The Morgan fingerprint density at radius 1 is 1.00 bits per heavy atom. The number of nitrogens with two attached hydrogens (primary N) is 1. The minimum Gasteiger partial charge on any atom is -0.382 e. The minimum atomic E-state index is 0.553. The third kappa shape index (κ3) is 2.36. The maximum absolute atomic E-state index is 6.11. The van der Waals surface area contributed by atoms with E-state index in [4.69, 9.17) is 5.73 Å². The Morgan fingerprint density at radius 2 is 1.76 bits per heavy atom. The zero-order valence-corrected chi connectivity index (χ0v) is 13.6. The molecule has 0 radical (unpaired) electrons. The van der Waals surface area contributed by atoms with E-state index in [-0.39, 0.29) is 0 Å². The van der Waals surface area contributed by atoms with Gasteiger partial charge in [-0.25, -0.2) is 0 Å². The van der Waals surface area contributed by atoms with E-state index < -0.39 is 0 Å². The molecule has 1 aromatic carbocycles. The van der Waals surface area contributed by atoms with Crippen molar-refractivity contribution in [2.24, 2.45) is 0 Å². The molecule has 21 heavy (non-hydrogen) atoms. The molecule has 3 rings (SSSR count). The molecule has 2 heterocycles. The number of H-pyrrole nitrogens is 1. The zero-order chi connectivity index (χ0) is 15.1. The van der Waals surface area contributed by atoms with Crippen molar-refractivity contribution in [2.75, 3.05) is 5.73 Å². The van der Waals surface area contributed by atoms with Crippen LogP contribution in [-0.2, 0) is 0 Å². The van der Waals surface area contributed by atoms with E-state index in [1.165, 1.54) is 26.4 Å². The summed E-state index contributed by atoms with van der Waals surface area (Å²) in [6.45, 7) is 8.50. The van der Waals surface area contributed by atoms with Crippen LogP contribution in [0.15, 0.2) is 24.3 Å². The molecule has 0 atom stereocenters. The van der Waals surface area contributed by atoms with E-state index in [0.29, 0.717) is 5.82 Å². The highest BCUT2D eigenvalue weighted by molar-refractivity contribution is 7.15. The molecule has 0 unspecified atom stereocenters. The van der Waals surface area contributed by atoms with Gasteiger partial charge in [0.05, 0.1) is 16.1 Å². The number of aromatic amines is 1. The Bertz CT molecular complexity index is 792. The van der Waals surface area contributed by atoms with Gasteiger partial charge in [-0.2, -0.15) is 5.10 Å². The lowest BCUT2D eigenvalue weighted by Gasteiger charge is -2.06. The van der Waals surface area contributed by atoms with Crippen molar-refractivity contribution in [3.05, 3.63) is 45.8 Å². The van der Waals surface area contributed by atoms with Crippen molar-refractivity contribution in [3.8, 4) is 21.7 Å². The van der Waals surface area contributed by atoms with Crippen molar-refractivity contribution in [1.82, 2.24) is 10.2 Å². The molecular formula is C17H19N3S. The molecule has 0 amide bonds. The molecule has 0 aliphatic heterocycles. The number of aryl methyl sites for hydroxylation is 4. The van der Waals surface area contributed by atoms with Gasteiger partial charge < -0.3 is 5.73 Å². The van der Waals surface area contributed by atoms with Gasteiger partial charge in [0.25, 0.3) is 0 Å². The van der Waals surface area contributed by atoms with Gasteiger partial charge in [-0.05, 0) is 56.0 Å². The van der Waals surface area contributed by atoms with Crippen LogP contribution in [0.2, 0.25) is 0 Å². The first-order chi connectivity index (χ1) is 9.97. The van der Waals surface area contributed by atoms with Crippen LogP contribution in [-0.4, -0.2) is 10.2 Å². The highest BCUT2D eigenvalue weighted by atomic mass is 32.1. The van der Waals surface area contributed by atoms with Gasteiger partial charge in [0, 0.05) is 4.88 Å². The van der Waals surface area contributed by atoms with Crippen molar-refractivity contribution in [2.45, 2.75) is 27.7 Å². The number of nitrogen functional groups attached to an aromatic ring is 1. The van der Waals surface area contributed by atoms with E-state index in [1.54, 1.807) is 11.3 Å². The van der Waals surface area contributed by atoms with E-state index in [9.17, 15) is 0 Å². The van der Waals surface area contributed by atoms with E-state index >= 15 is 0 Å². The standard InChI is InChI=1S/C17H19N3S/c1-9-5-6-13(7-10(9)2)15-16(19-20-17(15)18)14-8-11(3)12(4)21-14/h5-8H,1-4H3,(H3,18,19,20). The van der Waals surface area contributed by atoms with Gasteiger partial charge in [0.2, 0.25) is 0 Å². The molecule has 0 bridgehead atoms. The predicted molar refractivity (Wildman–Crippen MR) is 90.7 cm³/mol. The number of anilines is 1. The molecule has 3 N–H and O–H groups in total. The highest BCUT2D eigenvalue weighted by Gasteiger charge is 2.17. The number of hydrogen-bond donors (Lipinski definition) is 2. The number of nitrogens with one attached hydrogen (secondary N) is 1. The van der Waals surface area contributed by atoms with Crippen molar-refractivity contribution in [1.29, 1.82) is 0 Å². The summed E-state index contributed by atoms with van der Waals surface area (Å²) >= 11 is 1.77. The molecule has 0 saturated heterocycles. The second-order valence-corrected chi connectivity index (χ2v) is 6.76. The normalized spacial score (nSPS) is 11.0. The Hall–Kier alpha value is -2.07. The Labute approximate surface area is 128 Å². The van der Waals surface area contributed by atoms with E-state index in [0.717, 1.165) is 16.8 Å². The van der Waals surface area contributed by atoms with Crippen LogP contribution < -0.4 is 5.73 Å². The second kappa shape index (κ2) is 5.04. The molecule has 0 spiro atoms. The molecule has 2 aromatic heterocycles. The maximum Gasteiger partial charge on any atom is 0.153 e. The van der Waals surface area contributed by atoms with E-state index in [1.807, 2.05) is 0 Å². The number of rotatable bonds is 2. The van der Waals surface area contributed by atoms with Crippen LogP contribution in [0.25, 0.3) is 21.7 Å². The summed E-state index contributed by atoms with van der Waals surface area (Å²) in [6, 6.07) is 8.61. The second-order valence-electron chi connectivity index (χ2n) is 5.51. The lowest BCUT2D eigenvalue weighted by molar-refractivity contribution is 1.11. The van der Waals surface area contributed by atoms with Gasteiger partial charge in [-0.3, -0.25) is 5.10 Å². The third-order valence-corrected chi connectivity index (χ3v) is 5.17. The molecule has 3 aromatic rings. The molecule has 0 aliphatic carbocycles. The highest BCUT2D eigenvalue weighted by Crippen LogP contribution is 2.39. The molecule has 0 fully saturated rings. The van der Waals surface area contributed by atoms with Crippen LogP contribution in [0.5, 0.6) is 0 Å². The lowest BCUT2D eigenvalue weighted by atomic mass is 9.99. The number of nitrogens with zero attached hydrogens (tertiary/aromatic N) is 1. The smallest absolute Gasteiger partial charge is 0.153 e. The van der Waals surface area contributed by atoms with Crippen LogP contribution in [0, 0.1) is 27.7 Å². The van der Waals surface area contributed by atoms with Crippen LogP contribution >= 0.6 is 11.3 Å². The van der Waals surface area contributed by atoms with Crippen LogP contribution in [0.3, 0.4) is 0 Å². The first-order valence-electron chi connectivity index (χ1n) is 6.96. The van der Waals surface area contributed by atoms with Crippen LogP contribution in [0.1, 0.15) is 21.6 Å². The summed E-state index contributed by atoms with van der Waals surface area (Å²) in [5.74, 6) is 0.553. The first kappa shape index (κ1) is 13.9. The van der Waals surface area contributed by atoms with Gasteiger partial charge in [-0.1, -0.05) is 18.2 Å².